The fourth-order valence-electron chi connectivity index (χ4n) is 3.67. The van der Waals surface area contributed by atoms with E-state index in [0.29, 0.717) is 12.8 Å². The van der Waals surface area contributed by atoms with Gasteiger partial charge in [-0.25, -0.2) is 0 Å². The maximum Gasteiger partial charge on any atom is 0.391 e. The fraction of sp³-hybridized carbons (Fsp3) is 0.933. The summed E-state index contributed by atoms with van der Waals surface area (Å²) in [6, 6.07) is 0.345. The zero-order valence-electron chi connectivity index (χ0n) is 12.5. The van der Waals surface area contributed by atoms with Crippen LogP contribution in [-0.2, 0) is 4.79 Å². The molecule has 1 amide bonds. The highest BCUT2D eigenvalue weighted by atomic mass is 19.4. The lowest BCUT2D eigenvalue weighted by Crippen LogP contribution is -2.45. The van der Waals surface area contributed by atoms with Gasteiger partial charge in [-0.1, -0.05) is 6.42 Å². The number of rotatable bonds is 2. The van der Waals surface area contributed by atoms with Crippen LogP contribution in [0.3, 0.4) is 0 Å². The van der Waals surface area contributed by atoms with Crippen LogP contribution in [0.15, 0.2) is 0 Å². The molecule has 0 aromatic rings. The second-order valence-electron chi connectivity index (χ2n) is 6.62. The van der Waals surface area contributed by atoms with E-state index in [9.17, 15) is 18.0 Å². The average Bonchev–Trinajstić information content (AvgIpc) is 2.46. The van der Waals surface area contributed by atoms with E-state index in [-0.39, 0.29) is 30.8 Å². The Labute approximate surface area is 124 Å². The van der Waals surface area contributed by atoms with E-state index in [1.54, 1.807) is 11.9 Å². The van der Waals surface area contributed by atoms with Crippen LogP contribution in [0, 0.1) is 11.8 Å². The van der Waals surface area contributed by atoms with Gasteiger partial charge in [0.05, 0.1) is 5.92 Å². The Bertz CT molecular complexity index is 364. The maximum atomic E-state index is 12.8. The highest BCUT2D eigenvalue weighted by Crippen LogP contribution is 2.40. The molecule has 2 N–H and O–H groups in total. The molecule has 6 heteroatoms. The summed E-state index contributed by atoms with van der Waals surface area (Å²) in [7, 11) is 1.74. The van der Waals surface area contributed by atoms with E-state index in [4.69, 9.17) is 5.73 Å². The molecule has 0 bridgehead atoms. The molecule has 2 atom stereocenters. The van der Waals surface area contributed by atoms with Crippen molar-refractivity contribution in [2.45, 2.75) is 69.6 Å². The molecular weight excluding hydrogens is 281 g/mol. The molecule has 0 aromatic carbocycles. The van der Waals surface area contributed by atoms with Crippen LogP contribution in [0.5, 0.6) is 0 Å². The Morgan fingerprint density at radius 3 is 2.29 bits per heavy atom. The molecule has 2 unspecified atom stereocenters. The molecule has 2 aliphatic carbocycles. The summed E-state index contributed by atoms with van der Waals surface area (Å²) >= 11 is 0. The number of carbonyl (C=O) groups is 1. The molecule has 0 aromatic heterocycles. The third-order valence-corrected chi connectivity index (χ3v) is 5.12. The molecule has 122 valence electrons. The molecule has 0 spiro atoms. The molecule has 0 radical (unpaired) electrons. The van der Waals surface area contributed by atoms with Gasteiger partial charge >= 0.3 is 6.18 Å². The lowest BCUT2D eigenvalue weighted by atomic mass is 9.80. The van der Waals surface area contributed by atoms with Gasteiger partial charge in [-0.3, -0.25) is 4.79 Å². The summed E-state index contributed by atoms with van der Waals surface area (Å²) in [5.41, 5.74) is 5.85. The van der Waals surface area contributed by atoms with Crippen molar-refractivity contribution >= 4 is 5.91 Å². The zero-order valence-corrected chi connectivity index (χ0v) is 12.5. The highest BCUT2D eigenvalue weighted by Gasteiger charge is 2.44. The summed E-state index contributed by atoms with van der Waals surface area (Å²) in [5.74, 6) is -1.89. The van der Waals surface area contributed by atoms with Crippen LogP contribution in [-0.4, -0.2) is 36.1 Å². The second-order valence-corrected chi connectivity index (χ2v) is 6.62. The van der Waals surface area contributed by atoms with Crippen molar-refractivity contribution in [1.29, 1.82) is 0 Å². The molecule has 2 rings (SSSR count). The zero-order chi connectivity index (χ0) is 15.6. The SMILES string of the molecule is CN(C(=O)C1CCCC(C(F)(F)F)C1)C1CCC(N)CC1. The summed E-state index contributed by atoms with van der Waals surface area (Å²) in [4.78, 5) is 14.2. The number of halogens is 3. The maximum absolute atomic E-state index is 12.8. The Hall–Kier alpha value is -0.780. The minimum Gasteiger partial charge on any atom is -0.343 e. The molecule has 0 saturated heterocycles. The molecule has 2 aliphatic rings. The first-order chi connectivity index (χ1) is 9.79. The third-order valence-electron chi connectivity index (χ3n) is 5.12. The van der Waals surface area contributed by atoms with E-state index in [1.165, 1.54) is 0 Å². The first kappa shape index (κ1) is 16.6. The Morgan fingerprint density at radius 1 is 1.10 bits per heavy atom. The van der Waals surface area contributed by atoms with Crippen LogP contribution >= 0.6 is 0 Å². The van der Waals surface area contributed by atoms with Gasteiger partial charge in [-0.05, 0) is 44.9 Å². The van der Waals surface area contributed by atoms with Gasteiger partial charge in [0.2, 0.25) is 5.91 Å². The van der Waals surface area contributed by atoms with Gasteiger partial charge in [0.15, 0.2) is 0 Å². The molecule has 0 aliphatic heterocycles. The first-order valence-electron chi connectivity index (χ1n) is 7.88. The summed E-state index contributed by atoms with van der Waals surface area (Å²) in [6.45, 7) is 0. The lowest BCUT2D eigenvalue weighted by Gasteiger charge is -2.37. The minimum absolute atomic E-state index is 0.0428. The van der Waals surface area contributed by atoms with E-state index < -0.39 is 18.0 Å². The largest absolute Gasteiger partial charge is 0.391 e. The Balaban J connectivity index is 1.92. The molecule has 2 fully saturated rings. The minimum atomic E-state index is -4.17. The van der Waals surface area contributed by atoms with Crippen LogP contribution in [0.25, 0.3) is 0 Å². The number of hydrogen-bond acceptors (Lipinski definition) is 2. The number of amides is 1. The topological polar surface area (TPSA) is 46.3 Å². The summed E-state index contributed by atoms with van der Waals surface area (Å²) in [5, 5.41) is 0. The molecule has 0 heterocycles. The fourth-order valence-corrected chi connectivity index (χ4v) is 3.67. The molecule has 3 nitrogen and oxygen atoms in total. The molecule has 21 heavy (non-hydrogen) atoms. The predicted molar refractivity (Wildman–Crippen MR) is 74.5 cm³/mol. The van der Waals surface area contributed by atoms with E-state index >= 15 is 0 Å². The Kier molecular flexibility index (Phi) is 5.17. The molecule has 2 saturated carbocycles. The highest BCUT2D eigenvalue weighted by molar-refractivity contribution is 5.79. The average molecular weight is 306 g/mol. The second kappa shape index (κ2) is 6.55. The van der Waals surface area contributed by atoms with Gasteiger partial charge in [-0.2, -0.15) is 13.2 Å². The van der Waals surface area contributed by atoms with Crippen molar-refractivity contribution in [1.82, 2.24) is 4.90 Å². The van der Waals surface area contributed by atoms with Crippen molar-refractivity contribution in [3.05, 3.63) is 0 Å². The van der Waals surface area contributed by atoms with Crippen LogP contribution in [0.1, 0.15) is 51.4 Å². The first-order valence-corrected chi connectivity index (χ1v) is 7.88. The molecular formula is C15H25F3N2O. The van der Waals surface area contributed by atoms with Gasteiger partial charge in [0.25, 0.3) is 0 Å². The number of carbonyl (C=O) groups excluding carboxylic acids is 1. The van der Waals surface area contributed by atoms with Gasteiger partial charge < -0.3 is 10.6 Å². The summed E-state index contributed by atoms with van der Waals surface area (Å²) < 4.78 is 38.5. The smallest absolute Gasteiger partial charge is 0.343 e. The monoisotopic (exact) mass is 306 g/mol. The quantitative estimate of drug-likeness (QED) is 0.852. The van der Waals surface area contributed by atoms with Crippen LogP contribution in [0.4, 0.5) is 13.2 Å². The third kappa shape index (κ3) is 4.11. The van der Waals surface area contributed by atoms with Gasteiger partial charge in [-0.15, -0.1) is 0 Å². The van der Waals surface area contributed by atoms with Gasteiger partial charge in [0, 0.05) is 25.0 Å². The van der Waals surface area contributed by atoms with Crippen molar-refractivity contribution in [2.75, 3.05) is 7.05 Å². The predicted octanol–water partition coefficient (Wildman–Crippen LogP) is 3.08. The van der Waals surface area contributed by atoms with Crippen molar-refractivity contribution in [3.8, 4) is 0 Å². The lowest BCUT2D eigenvalue weighted by molar-refractivity contribution is -0.187. The van der Waals surface area contributed by atoms with Crippen LogP contribution < -0.4 is 5.73 Å². The van der Waals surface area contributed by atoms with E-state index in [0.717, 1.165) is 25.7 Å². The van der Waals surface area contributed by atoms with Crippen molar-refractivity contribution in [2.24, 2.45) is 17.6 Å². The van der Waals surface area contributed by atoms with E-state index in [2.05, 4.69) is 0 Å². The Morgan fingerprint density at radius 2 is 1.71 bits per heavy atom. The number of nitrogens with two attached hydrogens (primary N) is 1. The van der Waals surface area contributed by atoms with Gasteiger partial charge in [0.1, 0.15) is 0 Å². The number of hydrogen-bond donors (Lipinski definition) is 1. The standard InChI is InChI=1S/C15H25F3N2O/c1-20(13-7-5-12(19)6-8-13)14(21)10-3-2-4-11(9-10)15(16,17)18/h10-13H,2-9,19H2,1H3. The van der Waals surface area contributed by atoms with Crippen LogP contribution in [0.2, 0.25) is 0 Å². The van der Waals surface area contributed by atoms with Crippen molar-refractivity contribution in [3.63, 3.8) is 0 Å². The normalized spacial score (nSPS) is 34.5. The summed E-state index contributed by atoms with van der Waals surface area (Å²) in [6.07, 6.45) is 0.517. The number of alkyl halides is 3. The van der Waals surface area contributed by atoms with E-state index in [1.807, 2.05) is 0 Å². The number of nitrogens with zero attached hydrogens (tertiary/aromatic N) is 1. The van der Waals surface area contributed by atoms with Crippen molar-refractivity contribution < 1.29 is 18.0 Å².